The molecule has 1 saturated carbocycles. The number of halogens is 2. The number of phenolic OH excluding ortho intramolecular Hbond substituents is 1. The van der Waals surface area contributed by atoms with Gasteiger partial charge in [-0.25, -0.2) is 13.8 Å². The van der Waals surface area contributed by atoms with Crippen molar-refractivity contribution in [2.45, 2.75) is 38.7 Å². The zero-order valence-corrected chi connectivity index (χ0v) is 16.5. The number of carboxylic acids is 1. The Balaban J connectivity index is 1.90. The maximum absolute atomic E-state index is 15.0. The lowest BCUT2D eigenvalue weighted by molar-refractivity contribution is -0.148. The molecule has 1 aromatic heterocycles. The summed E-state index contributed by atoms with van der Waals surface area (Å²) in [5.74, 6) is -3.17. The van der Waals surface area contributed by atoms with Gasteiger partial charge in [-0.1, -0.05) is 26.0 Å². The van der Waals surface area contributed by atoms with Gasteiger partial charge in [0.1, 0.15) is 11.9 Å². The van der Waals surface area contributed by atoms with Crippen LogP contribution in [0, 0.1) is 17.6 Å². The summed E-state index contributed by atoms with van der Waals surface area (Å²) in [5, 5.41) is 19.5. The molecule has 1 aliphatic rings. The van der Waals surface area contributed by atoms with E-state index in [-0.39, 0.29) is 29.1 Å². The number of hydrogen-bond donors (Lipinski definition) is 2. The highest BCUT2D eigenvalue weighted by Crippen LogP contribution is 2.43. The summed E-state index contributed by atoms with van der Waals surface area (Å²) in [4.78, 5) is 15.6. The standard InChI is InChI=1S/C23H21F2NO4/c1-11(2)21-18(12-3-5-14(24)6-4-12)16-7-8-17(27)20(25)19(16)22(26-21)30-15-9-13(10-15)23(28)29/h3-8,11,13,15,27H,9-10H2,1-2H3,(H,28,29). The van der Waals surface area contributed by atoms with E-state index in [1.54, 1.807) is 18.2 Å². The lowest BCUT2D eigenvalue weighted by Gasteiger charge is -2.32. The summed E-state index contributed by atoms with van der Waals surface area (Å²) < 4.78 is 34.4. The van der Waals surface area contributed by atoms with Crippen molar-refractivity contribution in [3.8, 4) is 22.8 Å². The number of phenols is 1. The first kappa shape index (κ1) is 20.1. The molecule has 0 saturated heterocycles. The Bertz CT molecular complexity index is 1120. The van der Waals surface area contributed by atoms with E-state index in [1.807, 2.05) is 13.8 Å². The van der Waals surface area contributed by atoms with Crippen LogP contribution in [0.2, 0.25) is 0 Å². The van der Waals surface area contributed by atoms with Crippen LogP contribution in [0.25, 0.3) is 21.9 Å². The van der Waals surface area contributed by atoms with E-state index in [2.05, 4.69) is 4.98 Å². The number of fused-ring (bicyclic) bond motifs is 1. The van der Waals surface area contributed by atoms with Gasteiger partial charge in [-0.2, -0.15) is 0 Å². The van der Waals surface area contributed by atoms with E-state index < -0.39 is 23.5 Å². The van der Waals surface area contributed by atoms with Crippen LogP contribution in [-0.4, -0.2) is 27.3 Å². The van der Waals surface area contributed by atoms with E-state index >= 15 is 4.39 Å². The normalized spacial score (nSPS) is 18.4. The molecule has 156 valence electrons. The molecule has 0 radical (unpaired) electrons. The van der Waals surface area contributed by atoms with Crippen molar-refractivity contribution in [2.75, 3.05) is 0 Å². The molecule has 4 rings (SSSR count). The van der Waals surface area contributed by atoms with Gasteiger partial charge in [0.15, 0.2) is 11.6 Å². The predicted molar refractivity (Wildman–Crippen MR) is 108 cm³/mol. The van der Waals surface area contributed by atoms with Crippen LogP contribution in [0.5, 0.6) is 11.6 Å². The van der Waals surface area contributed by atoms with Crippen LogP contribution in [0.15, 0.2) is 36.4 Å². The minimum atomic E-state index is -0.883. The lowest BCUT2D eigenvalue weighted by Crippen LogP contribution is -2.38. The Hall–Kier alpha value is -3.22. The third-order valence-corrected chi connectivity index (χ3v) is 5.49. The Kier molecular flexibility index (Phi) is 5.05. The summed E-state index contributed by atoms with van der Waals surface area (Å²) >= 11 is 0. The first-order chi connectivity index (χ1) is 14.3. The molecule has 2 N–H and O–H groups in total. The monoisotopic (exact) mass is 413 g/mol. The number of pyridine rings is 1. The van der Waals surface area contributed by atoms with E-state index in [9.17, 15) is 14.3 Å². The van der Waals surface area contributed by atoms with Crippen molar-refractivity contribution < 1.29 is 28.5 Å². The highest BCUT2D eigenvalue weighted by molar-refractivity contribution is 6.01. The van der Waals surface area contributed by atoms with Gasteiger partial charge < -0.3 is 14.9 Å². The van der Waals surface area contributed by atoms with Crippen molar-refractivity contribution in [1.82, 2.24) is 4.98 Å². The molecule has 1 heterocycles. The highest BCUT2D eigenvalue weighted by atomic mass is 19.1. The maximum Gasteiger partial charge on any atom is 0.306 e. The Morgan fingerprint density at radius 1 is 1.13 bits per heavy atom. The molecule has 0 atom stereocenters. The van der Waals surface area contributed by atoms with Crippen LogP contribution < -0.4 is 4.74 Å². The van der Waals surface area contributed by atoms with Crippen LogP contribution in [-0.2, 0) is 4.79 Å². The minimum Gasteiger partial charge on any atom is -0.505 e. The number of nitrogens with zero attached hydrogens (tertiary/aromatic N) is 1. The predicted octanol–water partition coefficient (Wildman–Crippen LogP) is 5.25. The molecule has 1 fully saturated rings. The topological polar surface area (TPSA) is 79.7 Å². The minimum absolute atomic E-state index is 0.0255. The molecule has 2 aromatic carbocycles. The van der Waals surface area contributed by atoms with E-state index in [4.69, 9.17) is 9.84 Å². The Morgan fingerprint density at radius 3 is 2.40 bits per heavy atom. The average Bonchev–Trinajstić information content (AvgIpc) is 2.66. The zero-order valence-electron chi connectivity index (χ0n) is 16.5. The summed E-state index contributed by atoms with van der Waals surface area (Å²) in [6, 6.07) is 8.72. The Labute approximate surface area is 171 Å². The first-order valence-electron chi connectivity index (χ1n) is 9.76. The van der Waals surface area contributed by atoms with Gasteiger partial charge in [-0.05, 0) is 54.0 Å². The smallest absolute Gasteiger partial charge is 0.306 e. The second-order valence-electron chi connectivity index (χ2n) is 7.91. The molecule has 0 spiro atoms. The third-order valence-electron chi connectivity index (χ3n) is 5.49. The van der Waals surface area contributed by atoms with Crippen LogP contribution in [0.3, 0.4) is 0 Å². The van der Waals surface area contributed by atoms with E-state index in [0.29, 0.717) is 35.0 Å². The molecular weight excluding hydrogens is 392 g/mol. The van der Waals surface area contributed by atoms with E-state index in [0.717, 1.165) is 0 Å². The van der Waals surface area contributed by atoms with Gasteiger partial charge in [-0.3, -0.25) is 4.79 Å². The number of aromatic hydroxyl groups is 1. The van der Waals surface area contributed by atoms with E-state index in [1.165, 1.54) is 18.2 Å². The van der Waals surface area contributed by atoms with Gasteiger partial charge in [0, 0.05) is 5.56 Å². The molecule has 0 unspecified atom stereocenters. The number of ether oxygens (including phenoxy) is 1. The van der Waals surface area contributed by atoms with Crippen molar-refractivity contribution in [1.29, 1.82) is 0 Å². The molecule has 3 aromatic rings. The summed E-state index contributed by atoms with van der Waals surface area (Å²) in [7, 11) is 0. The van der Waals surface area contributed by atoms with Gasteiger partial charge in [0.2, 0.25) is 5.88 Å². The van der Waals surface area contributed by atoms with Crippen molar-refractivity contribution in [3.05, 3.63) is 53.7 Å². The zero-order chi connectivity index (χ0) is 21.6. The average molecular weight is 413 g/mol. The summed E-state index contributed by atoms with van der Waals surface area (Å²) in [6.07, 6.45) is 0.242. The fourth-order valence-corrected chi connectivity index (χ4v) is 3.79. The summed E-state index contributed by atoms with van der Waals surface area (Å²) in [5.41, 5.74) is 1.95. The lowest BCUT2D eigenvalue weighted by atomic mass is 9.82. The second kappa shape index (κ2) is 7.55. The fourth-order valence-electron chi connectivity index (χ4n) is 3.79. The number of carboxylic acid groups (broad SMARTS) is 1. The van der Waals surface area contributed by atoms with Gasteiger partial charge in [0.25, 0.3) is 0 Å². The number of carbonyl (C=O) groups is 1. The van der Waals surface area contributed by atoms with Gasteiger partial charge in [0.05, 0.1) is 17.0 Å². The Morgan fingerprint density at radius 2 is 1.80 bits per heavy atom. The van der Waals surface area contributed by atoms with Crippen molar-refractivity contribution in [3.63, 3.8) is 0 Å². The van der Waals surface area contributed by atoms with Crippen LogP contribution in [0.1, 0.15) is 38.3 Å². The van der Waals surface area contributed by atoms with Crippen molar-refractivity contribution >= 4 is 16.7 Å². The number of benzene rings is 2. The van der Waals surface area contributed by atoms with Gasteiger partial charge in [-0.15, -0.1) is 0 Å². The molecule has 0 bridgehead atoms. The number of hydrogen-bond acceptors (Lipinski definition) is 4. The number of aromatic nitrogens is 1. The summed E-state index contributed by atoms with van der Waals surface area (Å²) in [6.45, 7) is 3.87. The third kappa shape index (κ3) is 3.44. The van der Waals surface area contributed by atoms with Gasteiger partial charge >= 0.3 is 5.97 Å². The highest BCUT2D eigenvalue weighted by Gasteiger charge is 2.37. The van der Waals surface area contributed by atoms with Crippen LogP contribution >= 0.6 is 0 Å². The number of rotatable bonds is 5. The molecule has 1 aliphatic carbocycles. The fraction of sp³-hybridized carbons (Fsp3) is 0.304. The second-order valence-corrected chi connectivity index (χ2v) is 7.91. The largest absolute Gasteiger partial charge is 0.505 e. The molecule has 0 amide bonds. The number of aliphatic carboxylic acids is 1. The first-order valence-corrected chi connectivity index (χ1v) is 9.76. The molecule has 7 heteroatoms. The molecule has 5 nitrogen and oxygen atoms in total. The SMILES string of the molecule is CC(C)c1nc(OC2CC(C(=O)O)C2)c2c(F)c(O)ccc2c1-c1ccc(F)cc1. The van der Waals surface area contributed by atoms with Crippen LogP contribution in [0.4, 0.5) is 8.78 Å². The van der Waals surface area contributed by atoms with Crippen molar-refractivity contribution in [2.24, 2.45) is 5.92 Å². The maximum atomic E-state index is 15.0. The molecule has 30 heavy (non-hydrogen) atoms. The molecule has 0 aliphatic heterocycles. The quantitative estimate of drug-likeness (QED) is 0.597. The molecular formula is C23H21F2NO4.